The van der Waals surface area contributed by atoms with E-state index in [1.165, 1.54) is 36.3 Å². The first-order valence-corrected chi connectivity index (χ1v) is 13.7. The fourth-order valence-electron chi connectivity index (χ4n) is 5.03. The van der Waals surface area contributed by atoms with E-state index in [9.17, 15) is 24.1 Å². The van der Waals surface area contributed by atoms with Gasteiger partial charge in [-0.1, -0.05) is 67.8 Å². The van der Waals surface area contributed by atoms with Crippen LogP contribution in [0.3, 0.4) is 0 Å². The molecule has 3 aromatic carbocycles. The monoisotopic (exact) mass is 563 g/mol. The Bertz CT molecular complexity index is 1350. The number of ether oxygens (including phenoxy) is 2. The molecule has 0 aromatic heterocycles. The second-order valence-electron chi connectivity index (χ2n) is 10.0. The van der Waals surface area contributed by atoms with Crippen LogP contribution in [0.15, 0.2) is 72.8 Å². The normalized spacial score (nSPS) is 14.1. The lowest BCUT2D eigenvalue weighted by molar-refractivity contribution is -0.385. The Hall–Kier alpha value is -4.47. The molecule has 2 amide bonds. The highest BCUT2D eigenvalue weighted by Gasteiger charge is 2.32. The van der Waals surface area contributed by atoms with Crippen LogP contribution in [0, 0.1) is 15.9 Å². The number of nitrogens with one attached hydrogen (secondary N) is 1. The van der Waals surface area contributed by atoms with Gasteiger partial charge in [0.05, 0.1) is 12.0 Å². The van der Waals surface area contributed by atoms with Crippen LogP contribution in [0.1, 0.15) is 43.2 Å². The van der Waals surface area contributed by atoms with Gasteiger partial charge in [-0.2, -0.15) is 0 Å². The molecule has 1 saturated carbocycles. The maximum absolute atomic E-state index is 14.8. The lowest BCUT2D eigenvalue weighted by atomic mass is 9.94. The average Bonchev–Trinajstić information content (AvgIpc) is 2.99. The van der Waals surface area contributed by atoms with Gasteiger partial charge >= 0.3 is 5.69 Å². The van der Waals surface area contributed by atoms with E-state index in [2.05, 4.69) is 5.32 Å². The largest absolute Gasteiger partial charge is 0.490 e. The number of halogens is 1. The van der Waals surface area contributed by atoms with Gasteiger partial charge in [0.15, 0.2) is 6.61 Å². The van der Waals surface area contributed by atoms with E-state index in [0.29, 0.717) is 0 Å². The molecule has 10 heteroatoms. The summed E-state index contributed by atoms with van der Waals surface area (Å²) in [6.07, 6.45) is 5.15. The van der Waals surface area contributed by atoms with E-state index in [1.54, 1.807) is 18.2 Å². The van der Waals surface area contributed by atoms with Crippen LogP contribution >= 0.6 is 0 Å². The van der Waals surface area contributed by atoms with Crippen molar-refractivity contribution in [2.24, 2.45) is 0 Å². The fraction of sp³-hybridized carbons (Fsp3) is 0.355. The summed E-state index contributed by atoms with van der Waals surface area (Å²) in [6, 6.07) is 18.5. The molecule has 216 valence electrons. The molecule has 4 rings (SSSR count). The SMILES string of the molecule is COc1cc(OCC(=O)N(Cc2ccccc2F)[C@H](Cc2ccccc2)C(=O)NC2CCCCC2)ccc1[N+](=O)[O-]. The molecule has 0 heterocycles. The van der Waals surface area contributed by atoms with Gasteiger partial charge in [0.25, 0.3) is 5.91 Å². The highest BCUT2D eigenvalue weighted by atomic mass is 19.1. The van der Waals surface area contributed by atoms with Crippen molar-refractivity contribution in [1.82, 2.24) is 10.2 Å². The smallest absolute Gasteiger partial charge is 0.311 e. The van der Waals surface area contributed by atoms with Crippen LogP contribution in [0.25, 0.3) is 0 Å². The molecule has 0 radical (unpaired) electrons. The number of hydrogen-bond donors (Lipinski definition) is 1. The summed E-state index contributed by atoms with van der Waals surface area (Å²) in [5, 5.41) is 14.4. The standard InChI is InChI=1S/C31H34FN3O6/c1-40-29-19-25(16-17-27(29)35(38)39)41-21-30(36)34(20-23-12-8-9-15-26(23)32)28(18-22-10-4-2-5-11-22)31(37)33-24-13-6-3-7-14-24/h2,4-5,8-12,15-17,19,24,28H,3,6-7,13-14,18,20-21H2,1H3,(H,33,37)/t28-/m1/s1. The third-order valence-corrected chi connectivity index (χ3v) is 7.23. The molecule has 41 heavy (non-hydrogen) atoms. The van der Waals surface area contributed by atoms with E-state index in [0.717, 1.165) is 37.7 Å². The molecule has 1 N–H and O–H groups in total. The van der Waals surface area contributed by atoms with Gasteiger partial charge in [0, 0.05) is 36.7 Å². The summed E-state index contributed by atoms with van der Waals surface area (Å²) in [5.41, 5.74) is 0.875. The highest BCUT2D eigenvalue weighted by molar-refractivity contribution is 5.88. The van der Waals surface area contributed by atoms with Gasteiger partial charge < -0.3 is 19.7 Å². The van der Waals surface area contributed by atoms with Gasteiger partial charge in [-0.3, -0.25) is 19.7 Å². The summed E-state index contributed by atoms with van der Waals surface area (Å²) < 4.78 is 25.6. The van der Waals surface area contributed by atoms with E-state index in [-0.39, 0.29) is 47.7 Å². The van der Waals surface area contributed by atoms with Gasteiger partial charge in [-0.15, -0.1) is 0 Å². The van der Waals surface area contributed by atoms with Crippen molar-refractivity contribution in [2.45, 2.75) is 57.2 Å². The third kappa shape index (κ3) is 8.03. The van der Waals surface area contributed by atoms with Gasteiger partial charge in [-0.25, -0.2) is 4.39 Å². The van der Waals surface area contributed by atoms with E-state index in [4.69, 9.17) is 9.47 Å². The Morgan fingerprint density at radius 3 is 2.44 bits per heavy atom. The molecule has 1 fully saturated rings. The van der Waals surface area contributed by atoms with E-state index in [1.807, 2.05) is 30.3 Å². The molecular formula is C31H34FN3O6. The van der Waals surface area contributed by atoms with Gasteiger partial charge in [-0.05, 0) is 30.5 Å². The van der Waals surface area contributed by atoms with Gasteiger partial charge in [0.1, 0.15) is 17.6 Å². The zero-order valence-corrected chi connectivity index (χ0v) is 23.0. The first kappa shape index (κ1) is 29.5. The molecule has 0 bridgehead atoms. The maximum atomic E-state index is 14.8. The van der Waals surface area contributed by atoms with Crippen LogP contribution in [-0.4, -0.2) is 47.4 Å². The Labute approximate surface area is 238 Å². The van der Waals surface area contributed by atoms with E-state index < -0.39 is 29.3 Å². The van der Waals surface area contributed by atoms with Crippen molar-refractivity contribution < 1.29 is 28.4 Å². The molecule has 1 atom stereocenters. The highest BCUT2D eigenvalue weighted by Crippen LogP contribution is 2.31. The number of carbonyl (C=O) groups excluding carboxylic acids is 2. The molecule has 0 spiro atoms. The van der Waals surface area contributed by atoms with Crippen molar-refractivity contribution in [3.05, 3.63) is 99.9 Å². The van der Waals surface area contributed by atoms with Crippen molar-refractivity contribution in [3.63, 3.8) is 0 Å². The summed E-state index contributed by atoms with van der Waals surface area (Å²) in [5.74, 6) is -1.17. The number of nitrogens with zero attached hydrogens (tertiary/aromatic N) is 2. The second kappa shape index (κ2) is 14.2. The molecule has 1 aliphatic rings. The molecule has 0 unspecified atom stereocenters. The molecule has 1 aliphatic carbocycles. The topological polar surface area (TPSA) is 111 Å². The second-order valence-corrected chi connectivity index (χ2v) is 10.0. The van der Waals surface area contributed by atoms with Crippen molar-refractivity contribution in [1.29, 1.82) is 0 Å². The lowest BCUT2D eigenvalue weighted by Crippen LogP contribution is -2.53. The Balaban J connectivity index is 1.62. The number of carbonyl (C=O) groups is 2. The summed E-state index contributed by atoms with van der Waals surface area (Å²) in [4.78, 5) is 39.5. The van der Waals surface area contributed by atoms with Crippen LogP contribution in [0.4, 0.5) is 10.1 Å². The van der Waals surface area contributed by atoms with Crippen LogP contribution < -0.4 is 14.8 Å². The predicted molar refractivity (Wildman–Crippen MR) is 151 cm³/mol. The minimum Gasteiger partial charge on any atom is -0.490 e. The predicted octanol–water partition coefficient (Wildman–Crippen LogP) is 5.21. The number of amides is 2. The molecule has 0 saturated heterocycles. The van der Waals surface area contributed by atoms with Gasteiger partial charge in [0.2, 0.25) is 11.7 Å². The first-order chi connectivity index (χ1) is 19.9. The first-order valence-electron chi connectivity index (χ1n) is 13.7. The Morgan fingerprint density at radius 2 is 1.76 bits per heavy atom. The molecular weight excluding hydrogens is 529 g/mol. The average molecular weight is 564 g/mol. The Morgan fingerprint density at radius 1 is 1.05 bits per heavy atom. The minimum atomic E-state index is -0.929. The Kier molecular flexibility index (Phi) is 10.3. The fourth-order valence-corrected chi connectivity index (χ4v) is 5.03. The van der Waals surface area contributed by atoms with Crippen LogP contribution in [0.2, 0.25) is 0 Å². The van der Waals surface area contributed by atoms with Crippen molar-refractivity contribution >= 4 is 17.5 Å². The third-order valence-electron chi connectivity index (χ3n) is 7.23. The van der Waals surface area contributed by atoms with Crippen LogP contribution in [-0.2, 0) is 22.6 Å². The molecule has 9 nitrogen and oxygen atoms in total. The zero-order valence-electron chi connectivity index (χ0n) is 23.0. The minimum absolute atomic E-state index is 0.0167. The number of nitro benzene ring substituents is 1. The summed E-state index contributed by atoms with van der Waals surface area (Å²) in [6.45, 7) is -0.620. The zero-order chi connectivity index (χ0) is 29.2. The number of rotatable bonds is 12. The number of benzene rings is 3. The lowest BCUT2D eigenvalue weighted by Gasteiger charge is -2.33. The molecule has 0 aliphatic heterocycles. The van der Waals surface area contributed by atoms with E-state index >= 15 is 0 Å². The van der Waals surface area contributed by atoms with Crippen molar-refractivity contribution in [3.8, 4) is 11.5 Å². The summed E-state index contributed by atoms with van der Waals surface area (Å²) >= 11 is 0. The van der Waals surface area contributed by atoms with Crippen LogP contribution in [0.5, 0.6) is 11.5 Å². The van der Waals surface area contributed by atoms with Crippen molar-refractivity contribution in [2.75, 3.05) is 13.7 Å². The number of hydrogen-bond acceptors (Lipinski definition) is 6. The number of methoxy groups -OCH3 is 1. The maximum Gasteiger partial charge on any atom is 0.311 e. The summed E-state index contributed by atoms with van der Waals surface area (Å²) in [7, 11) is 1.30. The molecule has 3 aromatic rings. The quantitative estimate of drug-likeness (QED) is 0.239. The number of nitro groups is 1.